The summed E-state index contributed by atoms with van der Waals surface area (Å²) in [5, 5.41) is 11.5. The number of hydrogen-bond donors (Lipinski definition) is 1. The van der Waals surface area contributed by atoms with Gasteiger partial charge >= 0.3 is 0 Å². The highest BCUT2D eigenvalue weighted by Crippen LogP contribution is 2.17. The first-order valence-corrected chi connectivity index (χ1v) is 6.87. The molecule has 19 heavy (non-hydrogen) atoms. The Morgan fingerprint density at radius 3 is 2.95 bits per heavy atom. The summed E-state index contributed by atoms with van der Waals surface area (Å²) in [7, 11) is 1.69. The minimum absolute atomic E-state index is 0.691. The smallest absolute Gasteiger partial charge is 0.0969 e. The van der Waals surface area contributed by atoms with E-state index in [0.717, 1.165) is 22.4 Å². The van der Waals surface area contributed by atoms with Gasteiger partial charge < -0.3 is 10.1 Å². The van der Waals surface area contributed by atoms with Gasteiger partial charge in [0.15, 0.2) is 0 Å². The number of halogens is 1. The standard InChI is InChI=1S/C13H17BrN4O/c1-10-5-11(14)7-13(6-10)18-9-12(16-17-18)8-15-3-4-19-2/h5-7,9,15H,3-4,8H2,1-2H3. The molecule has 0 aliphatic rings. The van der Waals surface area contributed by atoms with E-state index in [-0.39, 0.29) is 0 Å². The molecule has 0 fully saturated rings. The van der Waals surface area contributed by atoms with Crippen LogP contribution in [-0.2, 0) is 11.3 Å². The molecule has 0 unspecified atom stereocenters. The van der Waals surface area contributed by atoms with Gasteiger partial charge in [-0.2, -0.15) is 0 Å². The van der Waals surface area contributed by atoms with Crippen LogP contribution in [0.3, 0.4) is 0 Å². The highest BCUT2D eigenvalue weighted by atomic mass is 79.9. The zero-order chi connectivity index (χ0) is 13.7. The molecule has 0 aliphatic heterocycles. The van der Waals surface area contributed by atoms with Crippen molar-refractivity contribution in [2.45, 2.75) is 13.5 Å². The molecule has 0 saturated carbocycles. The zero-order valence-corrected chi connectivity index (χ0v) is 12.6. The van der Waals surface area contributed by atoms with Crippen LogP contribution >= 0.6 is 15.9 Å². The van der Waals surface area contributed by atoms with Crippen LogP contribution in [0.2, 0.25) is 0 Å². The summed E-state index contributed by atoms with van der Waals surface area (Å²) >= 11 is 3.49. The van der Waals surface area contributed by atoms with Crippen molar-refractivity contribution >= 4 is 15.9 Å². The summed E-state index contributed by atoms with van der Waals surface area (Å²) in [4.78, 5) is 0. The maximum atomic E-state index is 4.97. The summed E-state index contributed by atoms with van der Waals surface area (Å²) in [5.74, 6) is 0. The molecule has 1 aromatic heterocycles. The fourth-order valence-electron chi connectivity index (χ4n) is 1.75. The average molecular weight is 325 g/mol. The third kappa shape index (κ3) is 4.12. The van der Waals surface area contributed by atoms with E-state index in [0.29, 0.717) is 13.2 Å². The van der Waals surface area contributed by atoms with E-state index in [2.05, 4.69) is 50.6 Å². The summed E-state index contributed by atoms with van der Waals surface area (Å²) < 4.78 is 7.79. The second-order valence-electron chi connectivity index (χ2n) is 4.31. The summed E-state index contributed by atoms with van der Waals surface area (Å²) in [6.07, 6.45) is 1.93. The molecule has 2 rings (SSSR count). The Hall–Kier alpha value is -1.24. The first kappa shape index (κ1) is 14.2. The molecular weight excluding hydrogens is 308 g/mol. The topological polar surface area (TPSA) is 52.0 Å². The van der Waals surface area contributed by atoms with Crippen LogP contribution in [-0.4, -0.2) is 35.3 Å². The van der Waals surface area contributed by atoms with Gasteiger partial charge in [-0.1, -0.05) is 21.1 Å². The Morgan fingerprint density at radius 2 is 2.21 bits per heavy atom. The van der Waals surface area contributed by atoms with Gasteiger partial charge in [-0.25, -0.2) is 4.68 Å². The predicted octanol–water partition coefficient (Wildman–Crippen LogP) is 2.07. The third-order valence-corrected chi connectivity index (χ3v) is 3.08. The number of hydrogen-bond acceptors (Lipinski definition) is 4. The van der Waals surface area contributed by atoms with E-state index in [4.69, 9.17) is 4.74 Å². The largest absolute Gasteiger partial charge is 0.383 e. The molecule has 2 aromatic rings. The van der Waals surface area contributed by atoms with Crippen molar-refractivity contribution in [2.75, 3.05) is 20.3 Å². The molecule has 0 spiro atoms. The summed E-state index contributed by atoms with van der Waals surface area (Å²) in [6.45, 7) is 4.24. The van der Waals surface area contributed by atoms with E-state index in [1.54, 1.807) is 11.8 Å². The Morgan fingerprint density at radius 1 is 1.37 bits per heavy atom. The van der Waals surface area contributed by atoms with Crippen LogP contribution in [0, 0.1) is 6.92 Å². The molecule has 0 radical (unpaired) electrons. The molecule has 0 saturated heterocycles. The van der Waals surface area contributed by atoms with E-state index in [1.165, 1.54) is 5.56 Å². The number of aromatic nitrogens is 3. The van der Waals surface area contributed by atoms with E-state index in [1.807, 2.05) is 12.3 Å². The van der Waals surface area contributed by atoms with Gasteiger partial charge in [0.2, 0.25) is 0 Å². The molecule has 1 N–H and O–H groups in total. The summed E-state index contributed by atoms with van der Waals surface area (Å²) in [6, 6.07) is 6.15. The Bertz CT molecular complexity index is 521. The maximum absolute atomic E-state index is 4.97. The van der Waals surface area contributed by atoms with E-state index >= 15 is 0 Å². The van der Waals surface area contributed by atoms with E-state index < -0.39 is 0 Å². The lowest BCUT2D eigenvalue weighted by molar-refractivity contribution is 0.199. The number of nitrogens with one attached hydrogen (secondary N) is 1. The van der Waals surface area contributed by atoms with Crippen LogP contribution in [0.1, 0.15) is 11.3 Å². The van der Waals surface area contributed by atoms with Gasteiger partial charge in [-0.05, 0) is 30.7 Å². The quantitative estimate of drug-likeness (QED) is 0.826. The monoisotopic (exact) mass is 324 g/mol. The van der Waals surface area contributed by atoms with Crippen molar-refractivity contribution in [3.05, 3.63) is 40.1 Å². The Labute approximate surface area is 121 Å². The lowest BCUT2D eigenvalue weighted by Gasteiger charge is -2.03. The van der Waals surface area contributed by atoms with Crippen LogP contribution < -0.4 is 5.32 Å². The van der Waals surface area contributed by atoms with Crippen LogP contribution in [0.15, 0.2) is 28.9 Å². The lowest BCUT2D eigenvalue weighted by Crippen LogP contribution is -2.18. The van der Waals surface area contributed by atoms with Gasteiger partial charge in [0, 0.05) is 24.7 Å². The number of benzene rings is 1. The van der Waals surface area contributed by atoms with Gasteiger partial charge in [0.05, 0.1) is 24.2 Å². The molecule has 0 aliphatic carbocycles. The lowest BCUT2D eigenvalue weighted by atomic mass is 10.2. The molecule has 0 atom stereocenters. The van der Waals surface area contributed by atoms with Gasteiger partial charge in [-0.15, -0.1) is 5.10 Å². The van der Waals surface area contributed by atoms with Crippen LogP contribution in [0.5, 0.6) is 0 Å². The molecule has 0 amide bonds. The van der Waals surface area contributed by atoms with Crippen molar-refractivity contribution < 1.29 is 4.74 Å². The van der Waals surface area contributed by atoms with Crippen LogP contribution in [0.25, 0.3) is 5.69 Å². The molecule has 102 valence electrons. The highest BCUT2D eigenvalue weighted by molar-refractivity contribution is 9.10. The zero-order valence-electron chi connectivity index (χ0n) is 11.1. The Balaban J connectivity index is 2.03. The number of nitrogens with zero attached hydrogens (tertiary/aromatic N) is 3. The maximum Gasteiger partial charge on any atom is 0.0969 e. The molecule has 0 bridgehead atoms. The van der Waals surface area contributed by atoms with Crippen molar-refractivity contribution in [2.24, 2.45) is 0 Å². The SMILES string of the molecule is COCCNCc1cn(-c2cc(C)cc(Br)c2)nn1. The van der Waals surface area contributed by atoms with Gasteiger partial charge in [0.1, 0.15) is 0 Å². The van der Waals surface area contributed by atoms with Crippen molar-refractivity contribution in [1.82, 2.24) is 20.3 Å². The second kappa shape index (κ2) is 6.79. The van der Waals surface area contributed by atoms with Gasteiger partial charge in [-0.3, -0.25) is 0 Å². The minimum atomic E-state index is 0.691. The highest BCUT2D eigenvalue weighted by Gasteiger charge is 2.04. The first-order chi connectivity index (χ1) is 9.19. The number of aryl methyl sites for hydroxylation is 1. The first-order valence-electron chi connectivity index (χ1n) is 6.07. The molecule has 1 heterocycles. The number of ether oxygens (including phenoxy) is 1. The minimum Gasteiger partial charge on any atom is -0.383 e. The fourth-order valence-corrected chi connectivity index (χ4v) is 2.34. The van der Waals surface area contributed by atoms with Crippen LogP contribution in [0.4, 0.5) is 0 Å². The molecule has 1 aromatic carbocycles. The second-order valence-corrected chi connectivity index (χ2v) is 5.23. The fraction of sp³-hybridized carbons (Fsp3) is 0.385. The predicted molar refractivity (Wildman–Crippen MR) is 77.4 cm³/mol. The summed E-state index contributed by atoms with van der Waals surface area (Å²) in [5.41, 5.74) is 3.09. The third-order valence-electron chi connectivity index (χ3n) is 2.62. The number of methoxy groups -OCH3 is 1. The molecular formula is C13H17BrN4O. The average Bonchev–Trinajstić information content (AvgIpc) is 2.82. The van der Waals surface area contributed by atoms with Crippen molar-refractivity contribution in [3.8, 4) is 5.69 Å². The molecule has 6 heteroatoms. The van der Waals surface area contributed by atoms with E-state index in [9.17, 15) is 0 Å². The normalized spacial score (nSPS) is 10.9. The molecule has 5 nitrogen and oxygen atoms in total. The van der Waals surface area contributed by atoms with Crippen molar-refractivity contribution in [1.29, 1.82) is 0 Å². The van der Waals surface area contributed by atoms with Gasteiger partial charge in [0.25, 0.3) is 0 Å². The Kier molecular flexibility index (Phi) is 5.07. The number of rotatable bonds is 6. The van der Waals surface area contributed by atoms with Crippen molar-refractivity contribution in [3.63, 3.8) is 0 Å².